The lowest BCUT2D eigenvalue weighted by molar-refractivity contribution is 0.0429. The summed E-state index contributed by atoms with van der Waals surface area (Å²) in [5.41, 5.74) is 4.23. The lowest BCUT2D eigenvalue weighted by atomic mass is 9.86. The first-order chi connectivity index (χ1) is 9.36. The third-order valence-corrected chi connectivity index (χ3v) is 4.31. The molecule has 106 valence electrons. The minimum atomic E-state index is 0.0364. The van der Waals surface area contributed by atoms with Gasteiger partial charge in [0.15, 0.2) is 0 Å². The van der Waals surface area contributed by atoms with Crippen LogP contribution in [0.3, 0.4) is 0 Å². The Hall–Kier alpha value is -0.900. The first kappa shape index (κ1) is 14.5. The molecule has 0 aromatic heterocycles. The molecule has 3 nitrogen and oxygen atoms in total. The lowest BCUT2D eigenvalue weighted by Gasteiger charge is -2.32. The van der Waals surface area contributed by atoms with E-state index < -0.39 is 0 Å². The molecule has 0 amide bonds. The van der Waals surface area contributed by atoms with Gasteiger partial charge < -0.3 is 4.74 Å². The molecule has 0 radical (unpaired) electrons. The van der Waals surface area contributed by atoms with Crippen LogP contribution in [-0.4, -0.2) is 13.2 Å². The Morgan fingerprint density at radius 2 is 1.74 bits per heavy atom. The SMILES string of the molecule is COC(c1ccccc1)C(NN)C1CCCCCC1. The molecule has 2 atom stereocenters. The normalized spacial score (nSPS) is 20.7. The van der Waals surface area contributed by atoms with Crippen LogP contribution >= 0.6 is 0 Å². The summed E-state index contributed by atoms with van der Waals surface area (Å²) in [6.45, 7) is 0. The van der Waals surface area contributed by atoms with E-state index in [0.29, 0.717) is 5.92 Å². The van der Waals surface area contributed by atoms with Gasteiger partial charge in [-0.3, -0.25) is 11.3 Å². The number of hydrazine groups is 1. The largest absolute Gasteiger partial charge is 0.375 e. The van der Waals surface area contributed by atoms with Gasteiger partial charge in [-0.2, -0.15) is 0 Å². The molecule has 19 heavy (non-hydrogen) atoms. The van der Waals surface area contributed by atoms with Crippen molar-refractivity contribution in [1.82, 2.24) is 5.43 Å². The van der Waals surface area contributed by atoms with Crippen molar-refractivity contribution in [1.29, 1.82) is 0 Å². The van der Waals surface area contributed by atoms with Gasteiger partial charge in [-0.05, 0) is 24.3 Å². The van der Waals surface area contributed by atoms with Crippen molar-refractivity contribution >= 4 is 0 Å². The standard InChI is InChI=1S/C16H26N2O/c1-19-16(14-11-7-4-8-12-14)15(18-17)13-9-5-2-3-6-10-13/h4,7-8,11-13,15-16,18H,2-3,5-6,9-10,17H2,1H3. The van der Waals surface area contributed by atoms with Crippen LogP contribution in [0.4, 0.5) is 0 Å². The summed E-state index contributed by atoms with van der Waals surface area (Å²) in [4.78, 5) is 0. The van der Waals surface area contributed by atoms with Crippen LogP contribution in [0.15, 0.2) is 30.3 Å². The summed E-state index contributed by atoms with van der Waals surface area (Å²) in [6, 6.07) is 10.6. The number of nitrogens with two attached hydrogens (primary N) is 1. The molecule has 0 saturated heterocycles. The molecule has 0 bridgehead atoms. The van der Waals surface area contributed by atoms with Gasteiger partial charge in [-0.1, -0.05) is 56.0 Å². The number of ether oxygens (including phenoxy) is 1. The van der Waals surface area contributed by atoms with Gasteiger partial charge in [-0.25, -0.2) is 0 Å². The molecule has 1 aromatic rings. The van der Waals surface area contributed by atoms with Crippen LogP contribution in [0, 0.1) is 5.92 Å². The zero-order chi connectivity index (χ0) is 13.5. The molecule has 0 spiro atoms. The predicted octanol–water partition coefficient (Wildman–Crippen LogP) is 3.18. The molecule has 2 rings (SSSR count). The zero-order valence-electron chi connectivity index (χ0n) is 11.8. The van der Waals surface area contributed by atoms with Crippen molar-refractivity contribution in [2.24, 2.45) is 11.8 Å². The first-order valence-corrected chi connectivity index (χ1v) is 7.40. The maximum Gasteiger partial charge on any atom is 0.0990 e. The third kappa shape index (κ3) is 3.78. The molecule has 0 aliphatic heterocycles. The van der Waals surface area contributed by atoms with Crippen molar-refractivity contribution in [2.45, 2.75) is 50.7 Å². The molecule has 1 aliphatic carbocycles. The molecule has 1 aromatic carbocycles. The minimum Gasteiger partial charge on any atom is -0.375 e. The first-order valence-electron chi connectivity index (χ1n) is 7.40. The number of nitrogens with one attached hydrogen (secondary N) is 1. The van der Waals surface area contributed by atoms with Crippen LogP contribution in [0.25, 0.3) is 0 Å². The van der Waals surface area contributed by atoms with Gasteiger partial charge in [0.25, 0.3) is 0 Å². The van der Waals surface area contributed by atoms with Gasteiger partial charge in [0, 0.05) is 7.11 Å². The fourth-order valence-electron chi connectivity index (χ4n) is 3.27. The number of methoxy groups -OCH3 is 1. The minimum absolute atomic E-state index is 0.0364. The highest BCUT2D eigenvalue weighted by molar-refractivity contribution is 5.19. The van der Waals surface area contributed by atoms with E-state index in [9.17, 15) is 0 Å². The molecule has 3 heteroatoms. The number of rotatable bonds is 5. The van der Waals surface area contributed by atoms with E-state index in [0.717, 1.165) is 0 Å². The van der Waals surface area contributed by atoms with Crippen molar-refractivity contribution < 1.29 is 4.74 Å². The van der Waals surface area contributed by atoms with E-state index in [4.69, 9.17) is 10.6 Å². The number of hydrogen-bond acceptors (Lipinski definition) is 3. The Morgan fingerprint density at radius 3 is 2.26 bits per heavy atom. The van der Waals surface area contributed by atoms with Gasteiger partial charge in [-0.15, -0.1) is 0 Å². The molecule has 3 N–H and O–H groups in total. The van der Waals surface area contributed by atoms with Crippen molar-refractivity contribution in [3.05, 3.63) is 35.9 Å². The summed E-state index contributed by atoms with van der Waals surface area (Å²) in [5.74, 6) is 6.45. The Bertz CT molecular complexity index is 347. The molecule has 2 unspecified atom stereocenters. The summed E-state index contributed by atoms with van der Waals surface area (Å²) < 4.78 is 5.74. The average Bonchev–Trinajstić information content (AvgIpc) is 2.74. The molecular formula is C16H26N2O. The molecule has 1 fully saturated rings. The smallest absolute Gasteiger partial charge is 0.0990 e. The Morgan fingerprint density at radius 1 is 1.11 bits per heavy atom. The fraction of sp³-hybridized carbons (Fsp3) is 0.625. The number of benzene rings is 1. The molecule has 1 aliphatic rings. The average molecular weight is 262 g/mol. The molecule has 0 heterocycles. The van der Waals surface area contributed by atoms with Crippen LogP contribution in [0.1, 0.15) is 50.2 Å². The van der Waals surface area contributed by atoms with E-state index in [1.165, 1.54) is 44.1 Å². The summed E-state index contributed by atoms with van der Waals surface area (Å²) in [7, 11) is 1.78. The van der Waals surface area contributed by atoms with Gasteiger partial charge in [0.1, 0.15) is 0 Å². The Balaban J connectivity index is 2.13. The predicted molar refractivity (Wildman–Crippen MR) is 78.5 cm³/mol. The third-order valence-electron chi connectivity index (χ3n) is 4.31. The Kier molecular flexibility index (Phi) is 5.83. The summed E-state index contributed by atoms with van der Waals surface area (Å²) in [6.07, 6.45) is 7.88. The van der Waals surface area contributed by atoms with Crippen molar-refractivity contribution in [3.8, 4) is 0 Å². The summed E-state index contributed by atoms with van der Waals surface area (Å²) in [5, 5.41) is 0. The van der Waals surface area contributed by atoms with Crippen LogP contribution in [-0.2, 0) is 4.74 Å². The van der Waals surface area contributed by atoms with E-state index in [1.54, 1.807) is 7.11 Å². The molecule has 1 saturated carbocycles. The van der Waals surface area contributed by atoms with Crippen LogP contribution in [0.5, 0.6) is 0 Å². The van der Waals surface area contributed by atoms with Gasteiger partial charge in [0.05, 0.1) is 12.1 Å². The second-order valence-corrected chi connectivity index (χ2v) is 5.51. The highest BCUT2D eigenvalue weighted by Gasteiger charge is 2.30. The Labute approximate surface area is 116 Å². The van der Waals surface area contributed by atoms with Gasteiger partial charge >= 0.3 is 0 Å². The van der Waals surface area contributed by atoms with E-state index in [2.05, 4.69) is 29.7 Å². The fourth-order valence-corrected chi connectivity index (χ4v) is 3.27. The zero-order valence-corrected chi connectivity index (χ0v) is 11.8. The highest BCUT2D eigenvalue weighted by Crippen LogP contribution is 2.32. The lowest BCUT2D eigenvalue weighted by Crippen LogP contribution is -2.45. The summed E-state index contributed by atoms with van der Waals surface area (Å²) >= 11 is 0. The quantitative estimate of drug-likeness (QED) is 0.487. The second kappa shape index (κ2) is 7.63. The van der Waals surface area contributed by atoms with Crippen LogP contribution < -0.4 is 11.3 Å². The van der Waals surface area contributed by atoms with Crippen molar-refractivity contribution in [3.63, 3.8) is 0 Å². The van der Waals surface area contributed by atoms with Gasteiger partial charge in [0.2, 0.25) is 0 Å². The second-order valence-electron chi connectivity index (χ2n) is 5.51. The topological polar surface area (TPSA) is 47.3 Å². The van der Waals surface area contributed by atoms with Crippen molar-refractivity contribution in [2.75, 3.05) is 7.11 Å². The monoisotopic (exact) mass is 262 g/mol. The molecular weight excluding hydrogens is 236 g/mol. The highest BCUT2D eigenvalue weighted by atomic mass is 16.5. The maximum absolute atomic E-state index is 5.84. The van der Waals surface area contributed by atoms with E-state index in [1.807, 2.05) is 6.07 Å². The maximum atomic E-state index is 5.84. The van der Waals surface area contributed by atoms with E-state index in [-0.39, 0.29) is 12.1 Å². The van der Waals surface area contributed by atoms with E-state index >= 15 is 0 Å². The van der Waals surface area contributed by atoms with Crippen LogP contribution in [0.2, 0.25) is 0 Å². The number of hydrogen-bond donors (Lipinski definition) is 2.